The molecule has 0 aliphatic heterocycles. The van der Waals surface area contributed by atoms with Crippen LogP contribution in [0.5, 0.6) is 0 Å². The van der Waals surface area contributed by atoms with Crippen molar-refractivity contribution in [2.45, 2.75) is 4.84 Å². The van der Waals surface area contributed by atoms with Crippen LogP contribution in [-0.4, -0.2) is 41.8 Å². The summed E-state index contributed by atoms with van der Waals surface area (Å²) in [5, 5.41) is 7.73. The molecule has 0 aliphatic carbocycles. The van der Waals surface area contributed by atoms with Gasteiger partial charge >= 0.3 is 31.8 Å². The van der Waals surface area contributed by atoms with Gasteiger partial charge in [0.1, 0.15) is 0 Å². The van der Waals surface area contributed by atoms with Crippen LogP contribution in [-0.2, 0) is 4.79 Å². The maximum atomic E-state index is 9.44. The molecule has 1 N–H and O–H groups in total. The van der Waals surface area contributed by atoms with Gasteiger partial charge in [0.15, 0.2) is 0 Å². The Kier molecular flexibility index (Phi) is 7.83. The fraction of sp³-hybridized carbons (Fsp3) is 0.500. The van der Waals surface area contributed by atoms with E-state index in [2.05, 4.69) is 0 Å². The van der Waals surface area contributed by atoms with Crippen molar-refractivity contribution in [2.75, 3.05) is 0 Å². The zero-order valence-electron chi connectivity index (χ0n) is 2.69. The van der Waals surface area contributed by atoms with Gasteiger partial charge in [0.25, 0.3) is 0 Å². The number of rotatable bonds is 1. The van der Waals surface area contributed by atoms with Crippen molar-refractivity contribution < 1.29 is 9.90 Å². The number of carboxylic acids is 1. The van der Waals surface area contributed by atoms with Gasteiger partial charge in [-0.25, -0.2) is 4.79 Å². The van der Waals surface area contributed by atoms with Crippen molar-refractivity contribution in [2.24, 2.45) is 0 Å². The molecule has 0 unspecified atom stereocenters. The van der Waals surface area contributed by atoms with Gasteiger partial charge in [-0.15, -0.1) is 0 Å². The van der Waals surface area contributed by atoms with Crippen molar-refractivity contribution in [3.8, 4) is 0 Å². The fourth-order valence-electron chi connectivity index (χ4n) is 0. The number of aliphatic carboxylic acids is 1. The topological polar surface area (TPSA) is 37.3 Å². The normalized spacial score (nSPS) is 7.86. The van der Waals surface area contributed by atoms with E-state index >= 15 is 0 Å². The molecule has 0 aromatic rings. The maximum absolute atomic E-state index is 9.44. The number of carboxylic acid groups (broad SMARTS) is 1. The molecule has 0 heterocycles. The van der Waals surface area contributed by atoms with E-state index in [1.165, 1.54) is 0 Å². The van der Waals surface area contributed by atoms with Gasteiger partial charge in [-0.2, -0.15) is 0 Å². The molecule has 0 bridgehead atoms. The third-order valence-electron chi connectivity index (χ3n) is 0.187. The van der Waals surface area contributed by atoms with Gasteiger partial charge in [-0.05, 0) is 0 Å². The van der Waals surface area contributed by atoms with Crippen LogP contribution in [0.25, 0.3) is 0 Å². The molecule has 7 heavy (non-hydrogen) atoms. The predicted molar refractivity (Wildman–Crippen MR) is 33.1 cm³/mol. The SMILES string of the molecule is O=C(O)C(Cl)Cl.[InH3]. The van der Waals surface area contributed by atoms with Crippen LogP contribution in [0.1, 0.15) is 0 Å². The Bertz CT molecular complexity index is 64.7. The molecule has 42 valence electrons. The summed E-state index contributed by atoms with van der Waals surface area (Å²) in [4.78, 5) is 8.15. The predicted octanol–water partition coefficient (Wildman–Crippen LogP) is -0.309. The zero-order chi connectivity index (χ0) is 5.15. The van der Waals surface area contributed by atoms with E-state index in [4.69, 9.17) is 28.3 Å². The first kappa shape index (κ1) is 10.8. The summed E-state index contributed by atoms with van der Waals surface area (Å²) in [6, 6.07) is 0. The van der Waals surface area contributed by atoms with Gasteiger partial charge in [-0.3, -0.25) is 0 Å². The van der Waals surface area contributed by atoms with Crippen molar-refractivity contribution in [1.82, 2.24) is 0 Å². The van der Waals surface area contributed by atoms with Crippen LogP contribution in [0.4, 0.5) is 0 Å². The molecular formula is C2H5Cl2InO2. The number of carbonyl (C=O) groups is 1. The van der Waals surface area contributed by atoms with Crippen molar-refractivity contribution >= 4 is 55.0 Å². The number of hydrogen-bond acceptors (Lipinski definition) is 1. The molecule has 0 fully saturated rings. The molecular weight excluding hydrogens is 242 g/mol. The van der Waals surface area contributed by atoms with E-state index in [1.54, 1.807) is 0 Å². The molecule has 0 aliphatic rings. The number of halogens is 2. The Morgan fingerprint density at radius 1 is 1.57 bits per heavy atom. The minimum absolute atomic E-state index is 0. The van der Waals surface area contributed by atoms with Crippen molar-refractivity contribution in [3.63, 3.8) is 0 Å². The minimum atomic E-state index is -1.29. The summed E-state index contributed by atoms with van der Waals surface area (Å²) < 4.78 is 0. The van der Waals surface area contributed by atoms with E-state index in [0.717, 1.165) is 0 Å². The van der Waals surface area contributed by atoms with Gasteiger partial charge < -0.3 is 5.11 Å². The summed E-state index contributed by atoms with van der Waals surface area (Å²) in [6.07, 6.45) is 0. The molecule has 0 saturated heterocycles. The molecule has 0 amide bonds. The number of hydrogen-bond donors (Lipinski definition) is 1. The monoisotopic (exact) mass is 246 g/mol. The van der Waals surface area contributed by atoms with Crippen LogP contribution in [0.15, 0.2) is 0 Å². The Hall–Kier alpha value is 0.920. The molecule has 0 spiro atoms. The molecule has 0 saturated carbocycles. The van der Waals surface area contributed by atoms with Crippen LogP contribution >= 0.6 is 23.2 Å². The second kappa shape index (κ2) is 5.06. The Morgan fingerprint density at radius 2 is 1.71 bits per heavy atom. The Labute approximate surface area is 69.6 Å². The average Bonchev–Trinajstić information content (AvgIpc) is 1.36. The van der Waals surface area contributed by atoms with E-state index < -0.39 is 10.8 Å². The summed E-state index contributed by atoms with van der Waals surface area (Å²) in [6.45, 7) is 0. The zero-order valence-corrected chi connectivity index (χ0v) is 4.20. The second-order valence-electron chi connectivity index (χ2n) is 0.639. The van der Waals surface area contributed by atoms with E-state index in [-0.39, 0.29) is 25.8 Å². The van der Waals surface area contributed by atoms with Crippen molar-refractivity contribution in [3.05, 3.63) is 0 Å². The van der Waals surface area contributed by atoms with Gasteiger partial charge in [0.05, 0.1) is 0 Å². The number of alkyl halides is 2. The van der Waals surface area contributed by atoms with Gasteiger partial charge in [0, 0.05) is 0 Å². The van der Waals surface area contributed by atoms with Crippen LogP contribution in [0.3, 0.4) is 0 Å². The molecule has 0 aromatic carbocycles. The second-order valence-corrected chi connectivity index (χ2v) is 1.74. The van der Waals surface area contributed by atoms with E-state index in [9.17, 15) is 4.79 Å². The van der Waals surface area contributed by atoms with Crippen LogP contribution in [0, 0.1) is 0 Å². The van der Waals surface area contributed by atoms with Gasteiger partial charge in [0.2, 0.25) is 4.84 Å². The summed E-state index contributed by atoms with van der Waals surface area (Å²) >= 11 is 9.56. The molecule has 5 heteroatoms. The van der Waals surface area contributed by atoms with Crippen LogP contribution in [0.2, 0.25) is 0 Å². The molecule has 0 aromatic heterocycles. The van der Waals surface area contributed by atoms with E-state index in [1.807, 2.05) is 0 Å². The van der Waals surface area contributed by atoms with Gasteiger partial charge in [-0.1, -0.05) is 23.2 Å². The summed E-state index contributed by atoms with van der Waals surface area (Å²) in [5.74, 6) is -1.21. The molecule has 0 atom stereocenters. The standard InChI is InChI=1S/C2H2Cl2O2.In.3H/c3-1(4)2(5)6;;;;/h1H,(H,5,6);;;;. The van der Waals surface area contributed by atoms with Crippen LogP contribution < -0.4 is 0 Å². The molecule has 0 radical (unpaired) electrons. The third-order valence-corrected chi connectivity index (χ3v) is 0.560. The first-order valence-corrected chi connectivity index (χ1v) is 2.03. The Morgan fingerprint density at radius 3 is 1.71 bits per heavy atom. The first-order valence-electron chi connectivity index (χ1n) is 1.15. The molecule has 2 nitrogen and oxygen atoms in total. The third kappa shape index (κ3) is 6.92. The Balaban J connectivity index is 0. The summed E-state index contributed by atoms with van der Waals surface area (Å²) in [5.41, 5.74) is 0. The quantitative estimate of drug-likeness (QED) is 0.645. The van der Waals surface area contributed by atoms with Crippen molar-refractivity contribution in [1.29, 1.82) is 0 Å². The summed E-state index contributed by atoms with van der Waals surface area (Å²) in [7, 11) is 0. The van der Waals surface area contributed by atoms with E-state index in [0.29, 0.717) is 0 Å². The fourth-order valence-corrected chi connectivity index (χ4v) is 0. The first-order chi connectivity index (χ1) is 2.64. The molecule has 0 rings (SSSR count). The average molecular weight is 247 g/mol.